The van der Waals surface area contributed by atoms with Crippen LogP contribution in [0.15, 0.2) is 35.3 Å². The molecule has 0 aromatic heterocycles. The first-order valence-electron chi connectivity index (χ1n) is 9.16. The highest BCUT2D eigenvalue weighted by Gasteiger charge is 2.16. The molecule has 5 nitrogen and oxygen atoms in total. The number of benzene rings is 1. The highest BCUT2D eigenvalue weighted by molar-refractivity contribution is 14.0. The molecule has 1 atom stereocenters. The lowest BCUT2D eigenvalue weighted by Gasteiger charge is -2.28. The Morgan fingerprint density at radius 2 is 2.08 bits per heavy atom. The largest absolute Gasteiger partial charge is 0.494 e. The summed E-state index contributed by atoms with van der Waals surface area (Å²) < 4.78 is 5.71. The summed E-state index contributed by atoms with van der Waals surface area (Å²) in [5.41, 5.74) is 0. The monoisotopic (exact) mass is 460 g/mol. The summed E-state index contributed by atoms with van der Waals surface area (Å²) in [4.78, 5) is 7.16. The summed E-state index contributed by atoms with van der Waals surface area (Å²) in [6.07, 6.45) is 3.53. The topological polar surface area (TPSA) is 48.9 Å². The first-order valence-corrected chi connectivity index (χ1v) is 9.16. The predicted molar refractivity (Wildman–Crippen MR) is 116 cm³/mol. The number of likely N-dealkylation sites (tertiary alicyclic amines) is 1. The summed E-state index contributed by atoms with van der Waals surface area (Å²) in [7, 11) is 2.20. The van der Waals surface area contributed by atoms with E-state index >= 15 is 0 Å². The van der Waals surface area contributed by atoms with Crippen LogP contribution in [0.4, 0.5) is 0 Å². The van der Waals surface area contributed by atoms with Gasteiger partial charge in [0, 0.05) is 26.2 Å². The van der Waals surface area contributed by atoms with Crippen molar-refractivity contribution in [2.75, 3.05) is 46.4 Å². The molecule has 0 radical (unpaired) electrons. The van der Waals surface area contributed by atoms with Crippen LogP contribution in [0.5, 0.6) is 5.75 Å². The second-order valence-electron chi connectivity index (χ2n) is 6.43. The van der Waals surface area contributed by atoms with Crippen LogP contribution in [0.25, 0.3) is 0 Å². The number of para-hydroxylation sites is 1. The molecule has 0 saturated carbocycles. The van der Waals surface area contributed by atoms with Crippen molar-refractivity contribution in [2.45, 2.75) is 26.2 Å². The maximum atomic E-state index is 5.71. The number of hydrogen-bond donors (Lipinski definition) is 2. The van der Waals surface area contributed by atoms with Gasteiger partial charge in [-0.2, -0.15) is 0 Å². The van der Waals surface area contributed by atoms with Gasteiger partial charge in [-0.25, -0.2) is 0 Å². The van der Waals surface area contributed by atoms with Crippen LogP contribution in [0.2, 0.25) is 0 Å². The summed E-state index contributed by atoms with van der Waals surface area (Å²) in [5.74, 6) is 2.53. The van der Waals surface area contributed by atoms with E-state index in [0.29, 0.717) is 12.5 Å². The van der Waals surface area contributed by atoms with Crippen molar-refractivity contribution in [1.82, 2.24) is 15.5 Å². The number of piperidine rings is 1. The van der Waals surface area contributed by atoms with Crippen molar-refractivity contribution in [3.63, 3.8) is 0 Å². The van der Waals surface area contributed by atoms with E-state index in [0.717, 1.165) is 44.3 Å². The Balaban J connectivity index is 0.00000312. The van der Waals surface area contributed by atoms with Crippen LogP contribution in [0, 0.1) is 5.92 Å². The molecular weight excluding hydrogens is 427 g/mol. The van der Waals surface area contributed by atoms with Gasteiger partial charge in [-0.1, -0.05) is 18.2 Å². The van der Waals surface area contributed by atoms with Gasteiger partial charge < -0.3 is 20.3 Å². The van der Waals surface area contributed by atoms with Crippen LogP contribution in [-0.4, -0.2) is 57.2 Å². The Labute approximate surface area is 169 Å². The number of nitrogens with zero attached hydrogens (tertiary/aromatic N) is 2. The van der Waals surface area contributed by atoms with Gasteiger partial charge in [0.15, 0.2) is 5.96 Å². The second kappa shape index (κ2) is 13.2. The summed E-state index contributed by atoms with van der Waals surface area (Å²) in [5, 5.41) is 6.73. The molecule has 1 heterocycles. The van der Waals surface area contributed by atoms with Crippen LogP contribution in [-0.2, 0) is 0 Å². The number of nitrogens with one attached hydrogen (secondary N) is 2. The Morgan fingerprint density at radius 3 is 2.80 bits per heavy atom. The number of guanidine groups is 1. The highest BCUT2D eigenvalue weighted by Crippen LogP contribution is 2.15. The van der Waals surface area contributed by atoms with Gasteiger partial charge in [-0.3, -0.25) is 4.99 Å². The molecule has 1 saturated heterocycles. The standard InChI is InChI=1S/C19H32N4O.HI/c1-3-20-19(22-15-17-9-7-13-23(2)16-17)21-12-8-14-24-18-10-5-4-6-11-18;/h4-6,10-11,17H,3,7-9,12-16H2,1-2H3,(H2,20,21,22);1H. The normalized spacial score (nSPS) is 18.3. The van der Waals surface area contributed by atoms with E-state index in [1.54, 1.807) is 0 Å². The summed E-state index contributed by atoms with van der Waals surface area (Å²) in [6, 6.07) is 9.95. The van der Waals surface area contributed by atoms with Crippen molar-refractivity contribution in [3.8, 4) is 5.75 Å². The smallest absolute Gasteiger partial charge is 0.191 e. The van der Waals surface area contributed by atoms with E-state index in [1.165, 1.54) is 19.4 Å². The molecule has 1 aromatic carbocycles. The SMILES string of the molecule is CCNC(=NCC1CCCN(C)C1)NCCCOc1ccccc1.I. The maximum absolute atomic E-state index is 5.71. The molecule has 1 aliphatic heterocycles. The molecule has 1 fully saturated rings. The molecular formula is C19H33IN4O. The van der Waals surface area contributed by atoms with Gasteiger partial charge in [0.1, 0.15) is 5.75 Å². The first kappa shape index (κ1) is 22.0. The predicted octanol–water partition coefficient (Wildman–Crippen LogP) is 2.97. The molecule has 1 unspecified atom stereocenters. The molecule has 1 aromatic rings. The van der Waals surface area contributed by atoms with Crippen LogP contribution in [0.1, 0.15) is 26.2 Å². The third-order valence-corrected chi connectivity index (χ3v) is 4.20. The first-order chi connectivity index (χ1) is 11.8. The fourth-order valence-electron chi connectivity index (χ4n) is 2.97. The van der Waals surface area contributed by atoms with Gasteiger partial charge in [0.2, 0.25) is 0 Å². The Kier molecular flexibility index (Phi) is 11.6. The zero-order chi connectivity index (χ0) is 17.0. The molecule has 2 N–H and O–H groups in total. The van der Waals surface area contributed by atoms with Gasteiger partial charge in [0.25, 0.3) is 0 Å². The quantitative estimate of drug-likeness (QED) is 0.271. The Hall–Kier alpha value is -1.02. The number of halogens is 1. The van der Waals surface area contributed by atoms with E-state index in [-0.39, 0.29) is 24.0 Å². The fraction of sp³-hybridized carbons (Fsp3) is 0.632. The molecule has 0 bridgehead atoms. The van der Waals surface area contributed by atoms with Crippen molar-refractivity contribution in [2.24, 2.45) is 10.9 Å². The van der Waals surface area contributed by atoms with Gasteiger partial charge in [-0.05, 0) is 57.8 Å². The summed E-state index contributed by atoms with van der Waals surface area (Å²) >= 11 is 0. The molecule has 0 amide bonds. The minimum absolute atomic E-state index is 0. The molecule has 25 heavy (non-hydrogen) atoms. The van der Waals surface area contributed by atoms with E-state index in [1.807, 2.05) is 30.3 Å². The summed E-state index contributed by atoms with van der Waals surface area (Å²) in [6.45, 7) is 7.85. The highest BCUT2D eigenvalue weighted by atomic mass is 127. The van der Waals surface area contributed by atoms with Crippen LogP contribution in [0.3, 0.4) is 0 Å². The number of rotatable bonds is 8. The average Bonchev–Trinajstić information content (AvgIpc) is 2.60. The van der Waals surface area contributed by atoms with E-state index in [9.17, 15) is 0 Å². The van der Waals surface area contributed by atoms with Crippen molar-refractivity contribution in [3.05, 3.63) is 30.3 Å². The molecule has 2 rings (SSSR count). The molecule has 0 spiro atoms. The van der Waals surface area contributed by atoms with Gasteiger partial charge in [-0.15, -0.1) is 24.0 Å². The molecule has 142 valence electrons. The van der Waals surface area contributed by atoms with E-state index in [2.05, 4.69) is 29.5 Å². The van der Waals surface area contributed by atoms with Crippen LogP contribution < -0.4 is 15.4 Å². The average molecular weight is 460 g/mol. The zero-order valence-electron chi connectivity index (χ0n) is 15.5. The minimum atomic E-state index is 0. The number of ether oxygens (including phenoxy) is 1. The third-order valence-electron chi connectivity index (χ3n) is 4.20. The number of hydrogen-bond acceptors (Lipinski definition) is 3. The Bertz CT molecular complexity index is 484. The zero-order valence-corrected chi connectivity index (χ0v) is 17.9. The lowest BCUT2D eigenvalue weighted by atomic mass is 9.99. The van der Waals surface area contributed by atoms with E-state index in [4.69, 9.17) is 9.73 Å². The molecule has 6 heteroatoms. The van der Waals surface area contributed by atoms with Gasteiger partial charge >= 0.3 is 0 Å². The molecule has 1 aliphatic rings. The number of aliphatic imine (C=N–C) groups is 1. The maximum Gasteiger partial charge on any atom is 0.191 e. The third kappa shape index (κ3) is 9.30. The van der Waals surface area contributed by atoms with Crippen molar-refractivity contribution < 1.29 is 4.74 Å². The lowest BCUT2D eigenvalue weighted by molar-refractivity contribution is 0.214. The Morgan fingerprint density at radius 1 is 1.28 bits per heavy atom. The molecule has 0 aliphatic carbocycles. The minimum Gasteiger partial charge on any atom is -0.494 e. The fourth-order valence-corrected chi connectivity index (χ4v) is 2.97. The van der Waals surface area contributed by atoms with Crippen molar-refractivity contribution in [1.29, 1.82) is 0 Å². The van der Waals surface area contributed by atoms with Gasteiger partial charge in [0.05, 0.1) is 6.61 Å². The second-order valence-corrected chi connectivity index (χ2v) is 6.43. The van der Waals surface area contributed by atoms with Crippen molar-refractivity contribution >= 4 is 29.9 Å². The van der Waals surface area contributed by atoms with E-state index < -0.39 is 0 Å². The van der Waals surface area contributed by atoms with Crippen LogP contribution >= 0.6 is 24.0 Å². The lowest BCUT2D eigenvalue weighted by Crippen LogP contribution is -2.39.